The third-order valence-electron chi connectivity index (χ3n) is 9.47. The number of rotatable bonds is 18. The summed E-state index contributed by atoms with van der Waals surface area (Å²) in [6.07, 6.45) is 5.09. The Morgan fingerprint density at radius 1 is 0.931 bits per heavy atom. The molecule has 2 aromatic heterocycles. The molecule has 1 aliphatic heterocycles. The molecule has 4 rings (SSSR count). The first-order chi connectivity index (χ1) is 27.5. The molecule has 58 heavy (non-hydrogen) atoms. The average molecular weight is 800 g/mol. The van der Waals surface area contributed by atoms with Crippen LogP contribution in [0.3, 0.4) is 0 Å². The molecule has 3 heterocycles. The van der Waals surface area contributed by atoms with Gasteiger partial charge in [-0.05, 0) is 68.4 Å². The van der Waals surface area contributed by atoms with Gasteiger partial charge in [-0.2, -0.15) is 4.98 Å². The van der Waals surface area contributed by atoms with Crippen molar-refractivity contribution in [1.82, 2.24) is 40.7 Å². The predicted octanol–water partition coefficient (Wildman–Crippen LogP) is 3.90. The van der Waals surface area contributed by atoms with E-state index in [2.05, 4.69) is 41.5 Å². The first-order valence-corrected chi connectivity index (χ1v) is 19.6. The number of nitrogens with one attached hydrogen (secondary N) is 5. The monoisotopic (exact) mass is 799 g/mol. The van der Waals surface area contributed by atoms with Crippen LogP contribution in [0.2, 0.25) is 0 Å². The number of fused-ring (bicyclic) bond motifs is 1. The van der Waals surface area contributed by atoms with Crippen molar-refractivity contribution >= 4 is 58.7 Å². The van der Waals surface area contributed by atoms with Crippen LogP contribution < -0.4 is 31.5 Å². The maximum atomic E-state index is 14.0. The van der Waals surface area contributed by atoms with Crippen molar-refractivity contribution in [3.05, 3.63) is 65.1 Å². The number of unbranched alkanes of at least 4 members (excludes halogenated alkanes) is 1. The standard InChI is InChI=1S/C41H57N11O6/c1-10-11-16-51(23-34(54)43-21-33(53)46-31(17-24(2)3)38(56)50(8)9)39(57)35(25(4)5)47-37(55)28-14-12-26(6)32(18-28)52-22-29-19-44-40(48-36(29)49-41(52)58)45-30-15-13-27(7)42-20-30/h12-15,18-20,24-25,31,35H,10-11,16-17,21-23H2,1-9H3,(H,43,54)(H,46,53)(H,47,55)(H2,44,45,48,49,58)/t31-,35-/m0/s1. The molecule has 312 valence electrons. The van der Waals surface area contributed by atoms with Gasteiger partial charge in [-0.15, -0.1) is 0 Å². The molecule has 1 aromatic carbocycles. The van der Waals surface area contributed by atoms with E-state index < -0.39 is 41.7 Å². The number of anilines is 4. The molecule has 5 N–H and O–H groups in total. The second-order valence-electron chi connectivity index (χ2n) is 15.5. The quantitative estimate of drug-likeness (QED) is 0.125. The number of carbonyl (C=O) groups excluding carboxylic acids is 6. The lowest BCUT2D eigenvalue weighted by molar-refractivity contribution is -0.139. The highest BCUT2D eigenvalue weighted by Crippen LogP contribution is 2.30. The van der Waals surface area contributed by atoms with Crippen LogP contribution in [0.5, 0.6) is 0 Å². The zero-order chi connectivity index (χ0) is 42.7. The number of pyridine rings is 1. The van der Waals surface area contributed by atoms with Gasteiger partial charge in [-0.25, -0.2) is 9.78 Å². The van der Waals surface area contributed by atoms with Crippen LogP contribution in [0.4, 0.5) is 27.9 Å². The van der Waals surface area contributed by atoms with Crippen LogP contribution in [0.25, 0.3) is 0 Å². The van der Waals surface area contributed by atoms with E-state index in [1.54, 1.807) is 58.5 Å². The molecule has 3 aromatic rings. The van der Waals surface area contributed by atoms with Gasteiger partial charge >= 0.3 is 6.03 Å². The summed E-state index contributed by atoms with van der Waals surface area (Å²) in [6.45, 7) is 12.9. The van der Waals surface area contributed by atoms with Gasteiger partial charge < -0.3 is 31.1 Å². The third-order valence-corrected chi connectivity index (χ3v) is 9.47. The summed E-state index contributed by atoms with van der Waals surface area (Å²) in [7, 11) is 3.22. The van der Waals surface area contributed by atoms with Gasteiger partial charge in [0.1, 0.15) is 17.9 Å². The van der Waals surface area contributed by atoms with Gasteiger partial charge in [0.25, 0.3) is 5.91 Å². The van der Waals surface area contributed by atoms with Crippen molar-refractivity contribution < 1.29 is 28.8 Å². The lowest BCUT2D eigenvalue weighted by Crippen LogP contribution is -2.54. The van der Waals surface area contributed by atoms with Crippen molar-refractivity contribution in [2.75, 3.05) is 49.3 Å². The second-order valence-corrected chi connectivity index (χ2v) is 15.5. The molecule has 0 aliphatic carbocycles. The molecule has 0 saturated heterocycles. The Balaban J connectivity index is 1.43. The maximum Gasteiger partial charge on any atom is 0.327 e. The third kappa shape index (κ3) is 12.2. The number of benzene rings is 1. The molecule has 0 bridgehead atoms. The summed E-state index contributed by atoms with van der Waals surface area (Å²) in [5.74, 6) is -1.85. The zero-order valence-corrected chi connectivity index (χ0v) is 34.9. The minimum atomic E-state index is -0.986. The van der Waals surface area contributed by atoms with E-state index in [0.717, 1.165) is 17.7 Å². The van der Waals surface area contributed by atoms with Crippen LogP contribution in [0.15, 0.2) is 42.7 Å². The van der Waals surface area contributed by atoms with Crippen LogP contribution in [-0.2, 0) is 25.7 Å². The van der Waals surface area contributed by atoms with Gasteiger partial charge in [0.15, 0.2) is 0 Å². The second kappa shape index (κ2) is 20.3. The molecule has 17 nitrogen and oxygen atoms in total. The zero-order valence-electron chi connectivity index (χ0n) is 34.9. The van der Waals surface area contributed by atoms with E-state index in [0.29, 0.717) is 41.5 Å². The highest BCUT2D eigenvalue weighted by molar-refractivity contribution is 6.05. The van der Waals surface area contributed by atoms with Crippen molar-refractivity contribution in [2.45, 2.75) is 86.4 Å². The molecular formula is C41H57N11O6. The predicted molar refractivity (Wildman–Crippen MR) is 221 cm³/mol. The molecule has 0 saturated carbocycles. The summed E-state index contributed by atoms with van der Waals surface area (Å²) in [6, 6.07) is 6.51. The van der Waals surface area contributed by atoms with Gasteiger partial charge in [0.05, 0.1) is 31.5 Å². The Morgan fingerprint density at radius 3 is 2.31 bits per heavy atom. The van der Waals surface area contributed by atoms with Gasteiger partial charge in [0, 0.05) is 49.3 Å². The van der Waals surface area contributed by atoms with E-state index in [9.17, 15) is 28.8 Å². The highest BCUT2D eigenvalue weighted by Gasteiger charge is 2.32. The van der Waals surface area contributed by atoms with Crippen molar-refractivity contribution in [1.29, 1.82) is 0 Å². The minimum absolute atomic E-state index is 0.148. The molecule has 0 unspecified atom stereocenters. The van der Waals surface area contributed by atoms with E-state index in [4.69, 9.17) is 0 Å². The summed E-state index contributed by atoms with van der Waals surface area (Å²) in [4.78, 5) is 97.1. The number of carbonyl (C=O) groups is 6. The number of hydrogen-bond acceptors (Lipinski definition) is 10. The Bertz CT molecular complexity index is 1970. The van der Waals surface area contributed by atoms with Crippen LogP contribution in [0.1, 0.15) is 81.1 Å². The van der Waals surface area contributed by atoms with Crippen molar-refractivity contribution in [2.24, 2.45) is 11.8 Å². The van der Waals surface area contributed by atoms with Crippen LogP contribution >= 0.6 is 0 Å². The van der Waals surface area contributed by atoms with Gasteiger partial charge in [0.2, 0.25) is 29.6 Å². The summed E-state index contributed by atoms with van der Waals surface area (Å²) < 4.78 is 0. The number of likely N-dealkylation sites (N-methyl/N-ethyl adjacent to an activating group) is 1. The normalized spacial score (nSPS) is 13.2. The lowest BCUT2D eigenvalue weighted by atomic mass is 10.0. The molecular weight excluding hydrogens is 743 g/mol. The fraction of sp³-hybridized carbons (Fsp3) is 0.488. The average Bonchev–Trinajstić information content (AvgIpc) is 3.17. The maximum absolute atomic E-state index is 14.0. The summed E-state index contributed by atoms with van der Waals surface area (Å²) in [5, 5.41) is 14.0. The fourth-order valence-corrected chi connectivity index (χ4v) is 6.22. The SMILES string of the molecule is CCCCN(CC(=O)NCC(=O)N[C@@H](CC(C)C)C(=O)N(C)C)C(=O)[C@@H](NC(=O)c1ccc(C)c(N2Cc3cnc(Nc4ccc(C)nc4)nc3NC2=O)c1)C(C)C. The van der Waals surface area contributed by atoms with Crippen LogP contribution in [0, 0.1) is 25.7 Å². The topological polar surface area (TPSA) is 211 Å². The molecule has 2 atom stereocenters. The smallest absolute Gasteiger partial charge is 0.327 e. The Labute approximate surface area is 340 Å². The number of aryl methyl sites for hydroxylation is 2. The largest absolute Gasteiger partial charge is 0.347 e. The van der Waals surface area contributed by atoms with Gasteiger partial charge in [-0.3, -0.25) is 39.2 Å². The molecule has 0 fully saturated rings. The number of aromatic nitrogens is 3. The summed E-state index contributed by atoms with van der Waals surface area (Å²) >= 11 is 0. The molecule has 0 radical (unpaired) electrons. The van der Waals surface area contributed by atoms with E-state index >= 15 is 0 Å². The Morgan fingerprint density at radius 2 is 1.67 bits per heavy atom. The van der Waals surface area contributed by atoms with E-state index in [-0.39, 0.29) is 49.5 Å². The first-order valence-electron chi connectivity index (χ1n) is 19.6. The number of amides is 7. The van der Waals surface area contributed by atoms with E-state index in [1.807, 2.05) is 46.8 Å². The number of hydrogen-bond donors (Lipinski definition) is 5. The molecule has 1 aliphatic rings. The Kier molecular flexibility index (Phi) is 15.6. The van der Waals surface area contributed by atoms with Crippen molar-refractivity contribution in [3.63, 3.8) is 0 Å². The fourth-order valence-electron chi connectivity index (χ4n) is 6.22. The highest BCUT2D eigenvalue weighted by atomic mass is 16.2. The number of urea groups is 1. The van der Waals surface area contributed by atoms with Gasteiger partial charge in [-0.1, -0.05) is 47.1 Å². The van der Waals surface area contributed by atoms with Crippen LogP contribution in [-0.4, -0.2) is 106 Å². The number of nitrogens with zero attached hydrogens (tertiary/aromatic N) is 6. The van der Waals surface area contributed by atoms with Crippen molar-refractivity contribution in [3.8, 4) is 0 Å². The summed E-state index contributed by atoms with van der Waals surface area (Å²) in [5.41, 5.74) is 3.69. The minimum Gasteiger partial charge on any atom is -0.347 e. The first kappa shape index (κ1) is 44.6. The Hall–Kier alpha value is -6.13. The molecule has 17 heteroatoms. The van der Waals surface area contributed by atoms with E-state index in [1.165, 1.54) is 14.7 Å². The molecule has 7 amide bonds. The molecule has 0 spiro atoms. The lowest BCUT2D eigenvalue weighted by Gasteiger charge is -2.31.